The summed E-state index contributed by atoms with van der Waals surface area (Å²) in [6, 6.07) is 13.2. The number of aromatic nitrogens is 4. The number of anilines is 1. The van der Waals surface area contributed by atoms with Crippen LogP contribution < -0.4 is 5.32 Å². The van der Waals surface area contributed by atoms with Gasteiger partial charge in [-0.15, -0.1) is 10.2 Å². The van der Waals surface area contributed by atoms with Crippen molar-refractivity contribution in [2.75, 3.05) is 25.5 Å². The van der Waals surface area contributed by atoms with E-state index in [9.17, 15) is 18.8 Å². The quantitative estimate of drug-likeness (QED) is 0.261. The zero-order chi connectivity index (χ0) is 30.3. The molecule has 5 rings (SSSR count). The van der Waals surface area contributed by atoms with Gasteiger partial charge in [0, 0.05) is 44.6 Å². The average Bonchev–Trinajstić information content (AvgIpc) is 3.49. The second-order valence-corrected chi connectivity index (χ2v) is 10.7. The number of nitrogens with zero attached hydrogens (tertiary/aromatic N) is 6. The number of pyridine rings is 1. The molecule has 1 atom stereocenters. The van der Waals surface area contributed by atoms with Crippen LogP contribution in [0.1, 0.15) is 38.1 Å². The molecule has 0 saturated heterocycles. The van der Waals surface area contributed by atoms with E-state index in [-0.39, 0.29) is 56.6 Å². The summed E-state index contributed by atoms with van der Waals surface area (Å²) < 4.78 is 21.3. The van der Waals surface area contributed by atoms with E-state index in [1.165, 1.54) is 11.0 Å². The molecule has 1 N–H and O–H groups in total. The topological polar surface area (TPSA) is 123 Å². The molecule has 0 fully saturated rings. The molecule has 2 aromatic heterocycles. The first-order valence-corrected chi connectivity index (χ1v) is 14.3. The number of fused-ring (bicyclic) bond motifs is 2. The highest BCUT2D eigenvalue weighted by Crippen LogP contribution is 2.22. The van der Waals surface area contributed by atoms with Crippen molar-refractivity contribution in [1.29, 1.82) is 0 Å². The molecule has 0 bridgehead atoms. The lowest BCUT2D eigenvalue weighted by Gasteiger charge is -2.30. The van der Waals surface area contributed by atoms with Crippen LogP contribution in [0.25, 0.3) is 10.8 Å². The summed E-state index contributed by atoms with van der Waals surface area (Å²) in [6.07, 6.45) is 3.23. The van der Waals surface area contributed by atoms with Crippen molar-refractivity contribution in [3.63, 3.8) is 0 Å². The summed E-state index contributed by atoms with van der Waals surface area (Å²) in [5.41, 5.74) is 0.520. The standard InChI is InChI=1S/C30H31ClFN7O4.CH4/c1-37(27(40)11-9-20-7-4-8-24(32)29(20)31)23(10-12-28(41)38-13-14-39-19-34-36-26(39)17-38)18-43-30(42)35-25-15-21-5-2-3-6-22(21)16-33-25;/h2-8,15-16,19,23H,9-14,17-18H2,1H3,(H,33,35,42);1H4/t23-;/m0./s1. The Hall–Kier alpha value is -4.58. The summed E-state index contributed by atoms with van der Waals surface area (Å²) in [6.45, 7) is 1.33. The highest BCUT2D eigenvalue weighted by molar-refractivity contribution is 6.31. The number of hydrogen-bond acceptors (Lipinski definition) is 7. The van der Waals surface area contributed by atoms with Crippen LogP contribution in [0.2, 0.25) is 5.02 Å². The van der Waals surface area contributed by atoms with Gasteiger partial charge in [-0.2, -0.15) is 0 Å². The van der Waals surface area contributed by atoms with Crippen LogP contribution in [0, 0.1) is 5.82 Å². The number of carbonyl (C=O) groups is 3. The van der Waals surface area contributed by atoms with Gasteiger partial charge in [-0.05, 0) is 35.9 Å². The smallest absolute Gasteiger partial charge is 0.412 e. The number of nitrogens with one attached hydrogen (secondary N) is 1. The molecule has 11 nitrogen and oxygen atoms in total. The summed E-state index contributed by atoms with van der Waals surface area (Å²) in [5, 5.41) is 12.4. The normalized spacial score (nSPS) is 13.0. The fourth-order valence-corrected chi connectivity index (χ4v) is 5.16. The van der Waals surface area contributed by atoms with Gasteiger partial charge in [-0.1, -0.05) is 55.4 Å². The molecule has 1 aliphatic rings. The van der Waals surface area contributed by atoms with E-state index in [0.29, 0.717) is 36.8 Å². The number of likely N-dealkylation sites (N-methyl/N-ethyl adjacent to an activating group) is 1. The second-order valence-electron chi connectivity index (χ2n) is 10.3. The predicted octanol–water partition coefficient (Wildman–Crippen LogP) is 5.09. The molecule has 0 aliphatic carbocycles. The monoisotopic (exact) mass is 623 g/mol. The van der Waals surface area contributed by atoms with Gasteiger partial charge in [-0.25, -0.2) is 14.2 Å². The van der Waals surface area contributed by atoms with E-state index in [1.54, 1.807) is 42.7 Å². The van der Waals surface area contributed by atoms with Gasteiger partial charge >= 0.3 is 6.09 Å². The highest BCUT2D eigenvalue weighted by atomic mass is 35.5. The van der Waals surface area contributed by atoms with Crippen LogP contribution in [-0.4, -0.2) is 73.7 Å². The van der Waals surface area contributed by atoms with E-state index < -0.39 is 18.0 Å². The van der Waals surface area contributed by atoms with E-state index in [2.05, 4.69) is 20.5 Å². The second kappa shape index (κ2) is 14.7. The van der Waals surface area contributed by atoms with E-state index in [1.807, 2.05) is 28.8 Å². The van der Waals surface area contributed by atoms with Crippen LogP contribution in [0.3, 0.4) is 0 Å². The Kier molecular flexibility index (Phi) is 10.8. The third-order valence-corrected chi connectivity index (χ3v) is 7.96. The minimum atomic E-state index is -0.734. The molecule has 0 spiro atoms. The van der Waals surface area contributed by atoms with Crippen molar-refractivity contribution in [3.05, 3.63) is 83.3 Å². The maximum atomic E-state index is 13.9. The fourth-order valence-electron chi connectivity index (χ4n) is 4.94. The summed E-state index contributed by atoms with van der Waals surface area (Å²) >= 11 is 6.06. The number of amides is 3. The SMILES string of the molecule is C.CN(C(=O)CCc1cccc(F)c1Cl)[C@@H](CCC(=O)N1CCn2cnnc2C1)COC(=O)Nc1cc2ccccc2cn1. The predicted molar refractivity (Wildman–Crippen MR) is 164 cm³/mol. The fraction of sp³-hybridized carbons (Fsp3) is 0.355. The van der Waals surface area contributed by atoms with Crippen LogP contribution in [0.4, 0.5) is 15.0 Å². The number of rotatable bonds is 10. The molecule has 0 radical (unpaired) electrons. The number of carbonyl (C=O) groups excluding carboxylic acids is 3. The summed E-state index contributed by atoms with van der Waals surface area (Å²) in [5.74, 6) is 0.125. The van der Waals surface area contributed by atoms with Crippen LogP contribution in [-0.2, 0) is 33.8 Å². The van der Waals surface area contributed by atoms with Crippen LogP contribution in [0.15, 0.2) is 61.1 Å². The Bertz CT molecular complexity index is 1630. The first kappa shape index (κ1) is 32.3. The molecule has 13 heteroatoms. The maximum Gasteiger partial charge on any atom is 0.412 e. The summed E-state index contributed by atoms with van der Waals surface area (Å²) in [7, 11) is 1.60. The lowest BCUT2D eigenvalue weighted by molar-refractivity contribution is -0.136. The van der Waals surface area contributed by atoms with E-state index >= 15 is 0 Å². The van der Waals surface area contributed by atoms with Crippen molar-refractivity contribution in [2.24, 2.45) is 0 Å². The number of ether oxygens (including phenoxy) is 1. The molecule has 232 valence electrons. The molecule has 3 amide bonds. The van der Waals surface area contributed by atoms with Gasteiger partial charge in [0.2, 0.25) is 11.8 Å². The van der Waals surface area contributed by atoms with Gasteiger partial charge in [0.25, 0.3) is 0 Å². The van der Waals surface area contributed by atoms with Crippen molar-refractivity contribution in [3.8, 4) is 0 Å². The van der Waals surface area contributed by atoms with E-state index in [0.717, 1.165) is 10.8 Å². The average molecular weight is 624 g/mol. The molecule has 44 heavy (non-hydrogen) atoms. The van der Waals surface area contributed by atoms with Crippen molar-refractivity contribution >= 4 is 46.1 Å². The lowest BCUT2D eigenvalue weighted by atomic mass is 10.1. The van der Waals surface area contributed by atoms with Gasteiger partial charge in [0.15, 0.2) is 5.82 Å². The first-order valence-electron chi connectivity index (χ1n) is 13.9. The molecule has 1 aliphatic heterocycles. The molecule has 0 unspecified atom stereocenters. The maximum absolute atomic E-state index is 13.9. The molecule has 2 aromatic carbocycles. The minimum absolute atomic E-state index is 0. The highest BCUT2D eigenvalue weighted by Gasteiger charge is 2.26. The molecule has 0 saturated carbocycles. The Balaban J connectivity index is 0.00000442. The molecule has 3 heterocycles. The Morgan fingerprint density at radius 1 is 1.11 bits per heavy atom. The van der Waals surface area contributed by atoms with Crippen molar-refractivity contribution in [2.45, 2.75) is 52.2 Å². The molecular weight excluding hydrogens is 589 g/mol. The number of halogens is 2. The lowest BCUT2D eigenvalue weighted by Crippen LogP contribution is -2.43. The van der Waals surface area contributed by atoms with Gasteiger partial charge in [-0.3, -0.25) is 14.9 Å². The Labute approximate surface area is 260 Å². The minimum Gasteiger partial charge on any atom is -0.447 e. The van der Waals surface area contributed by atoms with Crippen molar-refractivity contribution < 1.29 is 23.5 Å². The van der Waals surface area contributed by atoms with Crippen molar-refractivity contribution in [1.82, 2.24) is 29.5 Å². The first-order chi connectivity index (χ1) is 20.8. The van der Waals surface area contributed by atoms with Crippen LogP contribution in [0.5, 0.6) is 0 Å². The van der Waals surface area contributed by atoms with Gasteiger partial charge in [0.05, 0.1) is 17.6 Å². The Morgan fingerprint density at radius 2 is 1.91 bits per heavy atom. The summed E-state index contributed by atoms with van der Waals surface area (Å²) in [4.78, 5) is 46.4. The zero-order valence-electron chi connectivity index (χ0n) is 23.6. The number of aryl methyl sites for hydroxylation is 1. The van der Waals surface area contributed by atoms with Crippen LogP contribution >= 0.6 is 11.6 Å². The zero-order valence-corrected chi connectivity index (χ0v) is 24.3. The number of hydrogen-bond donors (Lipinski definition) is 1. The van der Waals surface area contributed by atoms with Gasteiger partial charge < -0.3 is 19.1 Å². The third kappa shape index (κ3) is 7.87. The van der Waals surface area contributed by atoms with E-state index in [4.69, 9.17) is 16.3 Å². The molecular formula is C31H35ClFN7O4. The Morgan fingerprint density at radius 3 is 2.73 bits per heavy atom. The van der Waals surface area contributed by atoms with Gasteiger partial charge in [0.1, 0.15) is 24.6 Å². The molecule has 4 aromatic rings. The third-order valence-electron chi connectivity index (χ3n) is 7.53. The number of benzene rings is 2. The largest absolute Gasteiger partial charge is 0.447 e.